The summed E-state index contributed by atoms with van der Waals surface area (Å²) in [5.74, 6) is 0.714. The van der Waals surface area contributed by atoms with Crippen molar-refractivity contribution in [1.29, 1.82) is 0 Å². The molecule has 2 aromatic heterocycles. The highest BCUT2D eigenvalue weighted by Crippen LogP contribution is 2.30. The van der Waals surface area contributed by atoms with Crippen molar-refractivity contribution in [3.05, 3.63) is 89.7 Å². The summed E-state index contributed by atoms with van der Waals surface area (Å²) in [6, 6.07) is 19.3. The molecule has 2 heterocycles. The first-order valence-corrected chi connectivity index (χ1v) is 11.1. The van der Waals surface area contributed by atoms with Gasteiger partial charge < -0.3 is 24.9 Å². The molecule has 1 amide bonds. The zero-order chi connectivity index (χ0) is 24.1. The van der Waals surface area contributed by atoms with Crippen LogP contribution in [0.1, 0.15) is 46.2 Å². The van der Waals surface area contributed by atoms with E-state index in [2.05, 4.69) is 12.2 Å². The number of carbonyl (C=O) groups excluding carboxylic acids is 2. The van der Waals surface area contributed by atoms with Gasteiger partial charge in [0.15, 0.2) is 0 Å². The quantitative estimate of drug-likeness (QED) is 0.266. The minimum atomic E-state index is -0.398. The highest BCUT2D eigenvalue weighted by Gasteiger charge is 2.26. The lowest BCUT2D eigenvalue weighted by Gasteiger charge is -2.07. The number of unbranched alkanes of at least 4 members (excludes halogenated alkanes) is 1. The van der Waals surface area contributed by atoms with E-state index in [9.17, 15) is 9.59 Å². The lowest BCUT2D eigenvalue weighted by molar-refractivity contribution is 0.102. The van der Waals surface area contributed by atoms with Gasteiger partial charge in [0, 0.05) is 17.4 Å². The molecule has 0 radical (unpaired) electrons. The van der Waals surface area contributed by atoms with Crippen LogP contribution < -0.4 is 20.5 Å². The van der Waals surface area contributed by atoms with Crippen LogP contribution in [-0.4, -0.2) is 29.8 Å². The molecule has 0 fully saturated rings. The van der Waals surface area contributed by atoms with Gasteiger partial charge in [-0.15, -0.1) is 0 Å². The third kappa shape index (κ3) is 4.59. The van der Waals surface area contributed by atoms with Crippen LogP contribution in [0.5, 0.6) is 11.5 Å². The van der Waals surface area contributed by atoms with Gasteiger partial charge in [0.1, 0.15) is 17.2 Å². The molecule has 0 aliphatic rings. The van der Waals surface area contributed by atoms with E-state index in [1.54, 1.807) is 84.4 Å². The Kier molecular flexibility index (Phi) is 6.82. The zero-order valence-corrected chi connectivity index (χ0v) is 19.2. The van der Waals surface area contributed by atoms with Crippen molar-refractivity contribution in [2.45, 2.75) is 19.8 Å². The maximum atomic E-state index is 13.4. The number of hydrogen-bond acceptors (Lipinski definition) is 5. The number of nitrogen functional groups attached to an aromatic ring is 1. The minimum Gasteiger partial charge on any atom is -0.497 e. The van der Waals surface area contributed by atoms with Crippen LogP contribution in [0.3, 0.4) is 0 Å². The molecule has 34 heavy (non-hydrogen) atoms. The van der Waals surface area contributed by atoms with Crippen LogP contribution >= 0.6 is 0 Å². The second-order valence-electron chi connectivity index (χ2n) is 7.83. The summed E-state index contributed by atoms with van der Waals surface area (Å²) in [5.41, 5.74) is 8.64. The van der Waals surface area contributed by atoms with Gasteiger partial charge in [0.2, 0.25) is 5.78 Å². The molecule has 4 aromatic rings. The molecule has 0 unspecified atom stereocenters. The molecular formula is C27H27N3O4. The number of ether oxygens (including phenoxy) is 2. The number of fused-ring (bicyclic) bond motifs is 1. The number of nitrogens with two attached hydrogens (primary N) is 1. The fraction of sp³-hybridized carbons (Fsp3) is 0.185. The first kappa shape index (κ1) is 22.9. The van der Waals surface area contributed by atoms with E-state index in [1.165, 1.54) is 0 Å². The third-order valence-electron chi connectivity index (χ3n) is 5.55. The van der Waals surface area contributed by atoms with E-state index in [4.69, 9.17) is 15.2 Å². The number of ketones is 1. The average Bonchev–Trinajstić information content (AvgIpc) is 3.16. The van der Waals surface area contributed by atoms with Crippen LogP contribution in [0, 0.1) is 0 Å². The molecule has 4 rings (SSSR count). The van der Waals surface area contributed by atoms with Crippen LogP contribution in [-0.2, 0) is 0 Å². The van der Waals surface area contributed by atoms with E-state index in [0.717, 1.165) is 12.8 Å². The fourth-order valence-electron chi connectivity index (χ4n) is 3.74. The lowest BCUT2D eigenvalue weighted by atomic mass is 10.1. The monoisotopic (exact) mass is 457 g/mol. The number of benzene rings is 2. The number of hydrogen-bond donors (Lipinski definition) is 2. The second kappa shape index (κ2) is 10.1. The van der Waals surface area contributed by atoms with Gasteiger partial charge in [-0.25, -0.2) is 0 Å². The van der Waals surface area contributed by atoms with Crippen molar-refractivity contribution in [3.8, 4) is 11.5 Å². The van der Waals surface area contributed by atoms with Gasteiger partial charge in [0.25, 0.3) is 5.91 Å². The summed E-state index contributed by atoms with van der Waals surface area (Å²) in [4.78, 5) is 26.6. The maximum Gasteiger partial charge on any atom is 0.259 e. The van der Waals surface area contributed by atoms with Crippen molar-refractivity contribution >= 4 is 28.6 Å². The number of aromatic nitrogens is 1. The molecule has 0 aliphatic heterocycles. The molecule has 3 N–H and O–H groups in total. The minimum absolute atomic E-state index is 0.130. The first-order chi connectivity index (χ1) is 16.5. The summed E-state index contributed by atoms with van der Waals surface area (Å²) in [7, 11) is 1.58. The standard InChI is InChI=1S/C27H27N3O4/c1-3-4-17-34-21-12-8-18(9-13-21)26(31)25-24(28)23(22-7-5-6-16-30(22)25)27(32)29-19-10-14-20(33-2)15-11-19/h5-16H,3-4,17,28H2,1-2H3,(H,29,32). The van der Waals surface area contributed by atoms with Crippen LogP contribution in [0.4, 0.5) is 11.4 Å². The van der Waals surface area contributed by atoms with Gasteiger partial charge >= 0.3 is 0 Å². The average molecular weight is 458 g/mol. The normalized spacial score (nSPS) is 10.8. The molecule has 0 bridgehead atoms. The molecular weight excluding hydrogens is 430 g/mol. The number of rotatable bonds is 9. The van der Waals surface area contributed by atoms with Crippen molar-refractivity contribution in [2.75, 3.05) is 24.8 Å². The van der Waals surface area contributed by atoms with Gasteiger partial charge in [-0.3, -0.25) is 9.59 Å². The van der Waals surface area contributed by atoms with Crippen LogP contribution in [0.15, 0.2) is 72.9 Å². The highest BCUT2D eigenvalue weighted by molar-refractivity contribution is 6.20. The van der Waals surface area contributed by atoms with E-state index in [0.29, 0.717) is 34.9 Å². The molecule has 2 aromatic carbocycles. The van der Waals surface area contributed by atoms with Gasteiger partial charge in [-0.05, 0) is 67.1 Å². The molecule has 0 saturated carbocycles. The molecule has 174 valence electrons. The Bertz CT molecular complexity index is 1310. The first-order valence-electron chi connectivity index (χ1n) is 11.1. The Morgan fingerprint density at radius 3 is 2.35 bits per heavy atom. The van der Waals surface area contributed by atoms with E-state index in [-0.39, 0.29) is 22.7 Å². The highest BCUT2D eigenvalue weighted by atomic mass is 16.5. The number of nitrogens with one attached hydrogen (secondary N) is 1. The summed E-state index contributed by atoms with van der Waals surface area (Å²) in [6.45, 7) is 2.73. The number of anilines is 2. The topological polar surface area (TPSA) is 95.1 Å². The Balaban J connectivity index is 1.65. The third-order valence-corrected chi connectivity index (χ3v) is 5.55. The maximum absolute atomic E-state index is 13.4. The number of methoxy groups -OCH3 is 1. The molecule has 7 nitrogen and oxygen atoms in total. The van der Waals surface area contributed by atoms with Crippen LogP contribution in [0.2, 0.25) is 0 Å². The summed E-state index contributed by atoms with van der Waals surface area (Å²) in [5, 5.41) is 2.85. The molecule has 7 heteroatoms. The number of pyridine rings is 1. The Morgan fingerprint density at radius 1 is 0.971 bits per heavy atom. The van der Waals surface area contributed by atoms with Crippen molar-refractivity contribution in [2.24, 2.45) is 0 Å². The van der Waals surface area contributed by atoms with E-state index >= 15 is 0 Å². The van der Waals surface area contributed by atoms with Crippen LogP contribution in [0.25, 0.3) is 5.52 Å². The zero-order valence-electron chi connectivity index (χ0n) is 19.2. The Morgan fingerprint density at radius 2 is 1.68 bits per heavy atom. The van der Waals surface area contributed by atoms with Gasteiger partial charge in [-0.1, -0.05) is 19.4 Å². The summed E-state index contributed by atoms with van der Waals surface area (Å²) in [6.07, 6.45) is 3.74. The van der Waals surface area contributed by atoms with Crippen molar-refractivity contribution in [3.63, 3.8) is 0 Å². The second-order valence-corrected chi connectivity index (χ2v) is 7.83. The Labute approximate surface area is 198 Å². The molecule has 0 atom stereocenters. The van der Waals surface area contributed by atoms with Gasteiger partial charge in [0.05, 0.1) is 30.5 Å². The Hall–Kier alpha value is -4.26. The van der Waals surface area contributed by atoms with E-state index in [1.807, 2.05) is 0 Å². The number of carbonyl (C=O) groups is 2. The summed E-state index contributed by atoms with van der Waals surface area (Å²) < 4.78 is 12.5. The summed E-state index contributed by atoms with van der Waals surface area (Å²) >= 11 is 0. The number of nitrogens with zero attached hydrogens (tertiary/aromatic N) is 1. The van der Waals surface area contributed by atoms with Gasteiger partial charge in [-0.2, -0.15) is 0 Å². The largest absolute Gasteiger partial charge is 0.497 e. The fourth-order valence-corrected chi connectivity index (χ4v) is 3.74. The van der Waals surface area contributed by atoms with Crippen molar-refractivity contribution < 1.29 is 19.1 Å². The molecule has 0 saturated heterocycles. The van der Waals surface area contributed by atoms with E-state index < -0.39 is 5.91 Å². The molecule has 0 aliphatic carbocycles. The number of amides is 1. The van der Waals surface area contributed by atoms with Crippen molar-refractivity contribution in [1.82, 2.24) is 4.40 Å². The predicted molar refractivity (Wildman–Crippen MR) is 133 cm³/mol. The predicted octanol–water partition coefficient (Wildman–Crippen LogP) is 5.19. The smallest absolute Gasteiger partial charge is 0.259 e. The molecule has 0 spiro atoms. The SMILES string of the molecule is CCCCOc1ccc(C(=O)c2c(N)c(C(=O)Nc3ccc(OC)cc3)c3ccccn23)cc1. The lowest BCUT2D eigenvalue weighted by Crippen LogP contribution is -2.14.